The Labute approximate surface area is 132 Å². The Balaban J connectivity index is 2.00. The van der Waals surface area contributed by atoms with Gasteiger partial charge in [-0.05, 0) is 30.0 Å². The van der Waals surface area contributed by atoms with Gasteiger partial charge in [0, 0.05) is 25.3 Å². The predicted octanol–water partition coefficient (Wildman–Crippen LogP) is 3.13. The number of carbonyl (C=O) groups excluding carboxylic acids is 1. The van der Waals surface area contributed by atoms with Gasteiger partial charge in [-0.2, -0.15) is 0 Å². The van der Waals surface area contributed by atoms with E-state index in [4.69, 9.17) is 5.73 Å². The number of benzene rings is 1. The molecule has 1 unspecified atom stereocenters. The van der Waals surface area contributed by atoms with Crippen LogP contribution < -0.4 is 5.73 Å². The number of nitrogens with zero attached hydrogens (tertiary/aromatic N) is 1. The standard InChI is InChI=1S/C18H25N3O/c1-13(2)15(19)11-12-21(3)18(22)17-10-9-16(20-17)14-7-5-4-6-8-14/h4-10,13,15,20H,11-12,19H2,1-3H3. The molecule has 1 amide bonds. The highest BCUT2D eigenvalue weighted by Gasteiger charge is 2.16. The highest BCUT2D eigenvalue weighted by Crippen LogP contribution is 2.18. The monoisotopic (exact) mass is 299 g/mol. The van der Waals surface area contributed by atoms with Crippen molar-refractivity contribution in [2.45, 2.75) is 26.3 Å². The summed E-state index contributed by atoms with van der Waals surface area (Å²) >= 11 is 0. The van der Waals surface area contributed by atoms with Crippen molar-refractivity contribution in [3.8, 4) is 11.3 Å². The molecule has 1 aromatic heterocycles. The molecule has 0 aliphatic heterocycles. The van der Waals surface area contributed by atoms with Gasteiger partial charge in [0.1, 0.15) is 5.69 Å². The summed E-state index contributed by atoms with van der Waals surface area (Å²) in [5.74, 6) is 0.428. The van der Waals surface area contributed by atoms with Gasteiger partial charge >= 0.3 is 0 Å². The maximum Gasteiger partial charge on any atom is 0.270 e. The second-order valence-electron chi connectivity index (χ2n) is 6.07. The minimum atomic E-state index is -0.00172. The molecule has 0 saturated heterocycles. The molecule has 0 aliphatic rings. The summed E-state index contributed by atoms with van der Waals surface area (Å²) in [4.78, 5) is 17.3. The van der Waals surface area contributed by atoms with Crippen LogP contribution in [0.25, 0.3) is 11.3 Å². The first-order valence-corrected chi connectivity index (χ1v) is 7.74. The van der Waals surface area contributed by atoms with E-state index in [1.807, 2.05) is 49.5 Å². The quantitative estimate of drug-likeness (QED) is 0.861. The van der Waals surface area contributed by atoms with Gasteiger partial charge in [-0.3, -0.25) is 4.79 Å². The molecule has 1 atom stereocenters. The van der Waals surface area contributed by atoms with Crippen molar-refractivity contribution < 1.29 is 4.79 Å². The zero-order valence-corrected chi connectivity index (χ0v) is 13.5. The van der Waals surface area contributed by atoms with Crippen molar-refractivity contribution in [3.05, 3.63) is 48.2 Å². The average molecular weight is 299 g/mol. The van der Waals surface area contributed by atoms with Crippen molar-refractivity contribution in [3.63, 3.8) is 0 Å². The van der Waals surface area contributed by atoms with E-state index in [0.29, 0.717) is 18.2 Å². The lowest BCUT2D eigenvalue weighted by atomic mass is 10.0. The van der Waals surface area contributed by atoms with Crippen molar-refractivity contribution >= 4 is 5.91 Å². The third kappa shape index (κ3) is 3.98. The van der Waals surface area contributed by atoms with Crippen LogP contribution in [-0.4, -0.2) is 35.4 Å². The molecule has 1 aromatic carbocycles. The number of hydrogen-bond donors (Lipinski definition) is 2. The highest BCUT2D eigenvalue weighted by atomic mass is 16.2. The van der Waals surface area contributed by atoms with Gasteiger partial charge in [0.15, 0.2) is 0 Å². The second-order valence-corrected chi connectivity index (χ2v) is 6.07. The smallest absolute Gasteiger partial charge is 0.270 e. The second kappa shape index (κ2) is 7.27. The summed E-state index contributed by atoms with van der Waals surface area (Å²) < 4.78 is 0. The van der Waals surface area contributed by atoms with Gasteiger partial charge < -0.3 is 15.6 Å². The lowest BCUT2D eigenvalue weighted by Crippen LogP contribution is -2.34. The van der Waals surface area contributed by atoms with Crippen LogP contribution in [0.4, 0.5) is 0 Å². The Morgan fingerprint density at radius 3 is 2.50 bits per heavy atom. The van der Waals surface area contributed by atoms with Crippen LogP contribution in [0.3, 0.4) is 0 Å². The molecule has 0 fully saturated rings. The molecule has 4 heteroatoms. The third-order valence-corrected chi connectivity index (χ3v) is 4.00. The molecule has 0 spiro atoms. The Kier molecular flexibility index (Phi) is 5.39. The summed E-state index contributed by atoms with van der Waals surface area (Å²) in [7, 11) is 1.82. The van der Waals surface area contributed by atoms with Crippen LogP contribution in [-0.2, 0) is 0 Å². The van der Waals surface area contributed by atoms with Gasteiger partial charge in [0.2, 0.25) is 0 Å². The van der Waals surface area contributed by atoms with Crippen molar-refractivity contribution in [1.82, 2.24) is 9.88 Å². The first-order valence-electron chi connectivity index (χ1n) is 7.74. The molecule has 0 bridgehead atoms. The maximum absolute atomic E-state index is 12.4. The predicted molar refractivity (Wildman–Crippen MR) is 90.6 cm³/mol. The lowest BCUT2D eigenvalue weighted by molar-refractivity contribution is 0.0784. The third-order valence-electron chi connectivity index (χ3n) is 4.00. The van der Waals surface area contributed by atoms with Crippen LogP contribution in [0.2, 0.25) is 0 Å². The van der Waals surface area contributed by atoms with Crippen LogP contribution in [0.5, 0.6) is 0 Å². The average Bonchev–Trinajstić information content (AvgIpc) is 3.02. The summed E-state index contributed by atoms with van der Waals surface area (Å²) in [6, 6.07) is 13.9. The highest BCUT2D eigenvalue weighted by molar-refractivity contribution is 5.93. The lowest BCUT2D eigenvalue weighted by Gasteiger charge is -2.21. The molecular weight excluding hydrogens is 274 g/mol. The zero-order chi connectivity index (χ0) is 16.1. The first-order chi connectivity index (χ1) is 10.5. The van der Waals surface area contributed by atoms with Gasteiger partial charge in [0.05, 0.1) is 0 Å². The van der Waals surface area contributed by atoms with Crippen molar-refractivity contribution in [2.75, 3.05) is 13.6 Å². The van der Waals surface area contributed by atoms with E-state index in [2.05, 4.69) is 18.8 Å². The first kappa shape index (κ1) is 16.3. The number of nitrogens with one attached hydrogen (secondary N) is 1. The van der Waals surface area contributed by atoms with Gasteiger partial charge in [0.25, 0.3) is 5.91 Å². The topological polar surface area (TPSA) is 62.1 Å². The SMILES string of the molecule is CC(C)C(N)CCN(C)C(=O)c1ccc(-c2ccccc2)[nH]1. The van der Waals surface area contributed by atoms with E-state index in [1.165, 1.54) is 0 Å². The summed E-state index contributed by atoms with van der Waals surface area (Å²) in [5.41, 5.74) is 8.68. The molecule has 0 radical (unpaired) electrons. The Morgan fingerprint density at radius 1 is 1.18 bits per heavy atom. The van der Waals surface area contributed by atoms with Crippen LogP contribution in [0.1, 0.15) is 30.8 Å². The zero-order valence-electron chi connectivity index (χ0n) is 13.5. The number of hydrogen-bond acceptors (Lipinski definition) is 2. The fourth-order valence-corrected chi connectivity index (χ4v) is 2.29. The molecule has 4 nitrogen and oxygen atoms in total. The van der Waals surface area contributed by atoms with E-state index in [-0.39, 0.29) is 11.9 Å². The molecule has 22 heavy (non-hydrogen) atoms. The van der Waals surface area contributed by atoms with E-state index in [9.17, 15) is 4.79 Å². The van der Waals surface area contributed by atoms with Crippen LogP contribution in [0, 0.1) is 5.92 Å². The Hall–Kier alpha value is -2.07. The number of aromatic nitrogens is 1. The van der Waals surface area contributed by atoms with Crippen LogP contribution >= 0.6 is 0 Å². The molecule has 0 aliphatic carbocycles. The summed E-state index contributed by atoms with van der Waals surface area (Å²) in [5, 5.41) is 0. The van der Waals surface area contributed by atoms with E-state index in [0.717, 1.165) is 17.7 Å². The summed E-state index contributed by atoms with van der Waals surface area (Å²) in [6.07, 6.45) is 0.812. The van der Waals surface area contributed by atoms with Gasteiger partial charge in [-0.25, -0.2) is 0 Å². The molecule has 2 aromatic rings. The number of H-pyrrole nitrogens is 1. The summed E-state index contributed by atoms with van der Waals surface area (Å²) in [6.45, 7) is 4.87. The number of rotatable bonds is 6. The molecular formula is C18H25N3O. The minimum Gasteiger partial charge on any atom is -0.351 e. The molecule has 1 heterocycles. The molecule has 118 valence electrons. The number of nitrogens with two attached hydrogens (primary N) is 1. The fraction of sp³-hybridized carbons (Fsp3) is 0.389. The van der Waals surface area contributed by atoms with Crippen molar-refractivity contribution in [1.29, 1.82) is 0 Å². The van der Waals surface area contributed by atoms with E-state index >= 15 is 0 Å². The van der Waals surface area contributed by atoms with Crippen molar-refractivity contribution in [2.24, 2.45) is 11.7 Å². The van der Waals surface area contributed by atoms with Gasteiger partial charge in [-0.1, -0.05) is 44.2 Å². The molecule has 0 saturated carbocycles. The Bertz CT molecular complexity index is 604. The fourth-order valence-electron chi connectivity index (χ4n) is 2.29. The van der Waals surface area contributed by atoms with E-state index < -0.39 is 0 Å². The molecule has 3 N–H and O–H groups in total. The normalized spacial score (nSPS) is 12.4. The van der Waals surface area contributed by atoms with Gasteiger partial charge in [-0.15, -0.1) is 0 Å². The van der Waals surface area contributed by atoms with E-state index in [1.54, 1.807) is 4.90 Å². The number of amides is 1. The number of carbonyl (C=O) groups is 1. The molecule has 2 rings (SSSR count). The Morgan fingerprint density at radius 2 is 1.86 bits per heavy atom. The minimum absolute atomic E-state index is 0.00172. The maximum atomic E-state index is 12.4. The van der Waals surface area contributed by atoms with Crippen LogP contribution in [0.15, 0.2) is 42.5 Å². The largest absolute Gasteiger partial charge is 0.351 e. The number of aromatic amines is 1.